The van der Waals surface area contributed by atoms with Gasteiger partial charge in [-0.25, -0.2) is 0 Å². The largest absolute Gasteiger partial charge is 0.327 e. The fourth-order valence-corrected chi connectivity index (χ4v) is 3.98. The average Bonchev–Trinajstić information content (AvgIpc) is 2.25. The van der Waals surface area contributed by atoms with Crippen molar-refractivity contribution in [3.63, 3.8) is 0 Å². The van der Waals surface area contributed by atoms with Gasteiger partial charge in [-0.15, -0.1) is 0 Å². The highest BCUT2D eigenvalue weighted by molar-refractivity contribution is 5.29. The van der Waals surface area contributed by atoms with Crippen LogP contribution in [0.1, 0.15) is 49.8 Å². The van der Waals surface area contributed by atoms with Crippen molar-refractivity contribution in [3.8, 4) is 0 Å². The summed E-state index contributed by atoms with van der Waals surface area (Å²) in [6, 6.07) is 7.15. The first-order valence-electron chi connectivity index (χ1n) is 7.76. The number of aryl methyl sites for hydroxylation is 2. The molecule has 0 amide bonds. The zero-order valence-electron chi connectivity index (χ0n) is 12.9. The Hall–Kier alpha value is -0.820. The minimum absolute atomic E-state index is 0.325. The van der Waals surface area contributed by atoms with E-state index in [4.69, 9.17) is 5.73 Å². The van der Waals surface area contributed by atoms with E-state index in [-0.39, 0.29) is 0 Å². The molecule has 0 heterocycles. The predicted octanol–water partition coefficient (Wildman–Crippen LogP) is 4.25. The van der Waals surface area contributed by atoms with Crippen molar-refractivity contribution < 1.29 is 0 Å². The second-order valence-electron chi connectivity index (χ2n) is 7.04. The lowest BCUT2D eigenvalue weighted by Gasteiger charge is -2.35. The van der Waals surface area contributed by atoms with E-state index in [2.05, 4.69) is 45.9 Å². The number of hydrogen-bond acceptors (Lipinski definition) is 1. The van der Waals surface area contributed by atoms with Crippen LogP contribution in [0.2, 0.25) is 0 Å². The van der Waals surface area contributed by atoms with Gasteiger partial charge in [0.1, 0.15) is 0 Å². The van der Waals surface area contributed by atoms with E-state index in [1.807, 2.05) is 0 Å². The minimum atomic E-state index is 0.325. The summed E-state index contributed by atoms with van der Waals surface area (Å²) in [4.78, 5) is 0. The van der Waals surface area contributed by atoms with Crippen LogP contribution in [0.4, 0.5) is 0 Å². The van der Waals surface area contributed by atoms with E-state index in [9.17, 15) is 0 Å². The Bertz CT molecular complexity index is 393. The molecule has 1 aromatic carbocycles. The van der Waals surface area contributed by atoms with Gasteiger partial charge in [0.25, 0.3) is 0 Å². The molecule has 0 saturated heterocycles. The second-order valence-corrected chi connectivity index (χ2v) is 7.04. The van der Waals surface area contributed by atoms with Gasteiger partial charge in [0.2, 0.25) is 0 Å². The van der Waals surface area contributed by atoms with Crippen molar-refractivity contribution in [1.29, 1.82) is 0 Å². The standard InChI is InChI=1S/C18H29N/c1-12-5-13(2)8-16(7-12)11-18(19)17-9-14(3)6-15(4)10-17/h5,7-8,14-15,17-18H,6,9-11,19H2,1-4H3. The molecule has 1 aromatic rings. The number of rotatable bonds is 3. The van der Waals surface area contributed by atoms with Crippen molar-refractivity contribution in [2.75, 3.05) is 0 Å². The van der Waals surface area contributed by atoms with Crippen LogP contribution in [-0.2, 0) is 6.42 Å². The van der Waals surface area contributed by atoms with E-state index < -0.39 is 0 Å². The van der Waals surface area contributed by atoms with Crippen molar-refractivity contribution in [2.24, 2.45) is 23.5 Å². The Morgan fingerprint density at radius 2 is 1.53 bits per heavy atom. The summed E-state index contributed by atoms with van der Waals surface area (Å²) < 4.78 is 0. The Kier molecular flexibility index (Phi) is 4.67. The van der Waals surface area contributed by atoms with Crippen LogP contribution in [0.15, 0.2) is 18.2 Å². The van der Waals surface area contributed by atoms with Crippen LogP contribution in [-0.4, -0.2) is 6.04 Å². The van der Waals surface area contributed by atoms with Crippen molar-refractivity contribution in [1.82, 2.24) is 0 Å². The molecule has 1 saturated carbocycles. The molecule has 1 nitrogen and oxygen atoms in total. The maximum absolute atomic E-state index is 6.51. The lowest BCUT2D eigenvalue weighted by Crippen LogP contribution is -2.37. The molecule has 0 aliphatic heterocycles. The molecule has 106 valence electrons. The molecular weight excluding hydrogens is 230 g/mol. The van der Waals surface area contributed by atoms with Gasteiger partial charge < -0.3 is 5.73 Å². The highest BCUT2D eigenvalue weighted by atomic mass is 14.7. The van der Waals surface area contributed by atoms with Crippen LogP contribution < -0.4 is 5.73 Å². The van der Waals surface area contributed by atoms with E-state index in [0.717, 1.165) is 18.3 Å². The van der Waals surface area contributed by atoms with E-state index in [1.54, 1.807) is 0 Å². The van der Waals surface area contributed by atoms with Crippen LogP contribution in [0.3, 0.4) is 0 Å². The highest BCUT2D eigenvalue weighted by Gasteiger charge is 2.28. The summed E-state index contributed by atoms with van der Waals surface area (Å²) in [5, 5.41) is 0. The summed E-state index contributed by atoms with van der Waals surface area (Å²) in [5.74, 6) is 2.40. The van der Waals surface area contributed by atoms with E-state index in [0.29, 0.717) is 12.0 Å². The topological polar surface area (TPSA) is 26.0 Å². The van der Waals surface area contributed by atoms with Gasteiger partial charge >= 0.3 is 0 Å². The quantitative estimate of drug-likeness (QED) is 0.863. The van der Waals surface area contributed by atoms with Gasteiger partial charge in [0.15, 0.2) is 0 Å². The lowest BCUT2D eigenvalue weighted by molar-refractivity contribution is 0.192. The molecule has 1 fully saturated rings. The zero-order chi connectivity index (χ0) is 14.0. The summed E-state index contributed by atoms with van der Waals surface area (Å²) in [6.07, 6.45) is 5.05. The molecular formula is C18H29N. The maximum Gasteiger partial charge on any atom is 0.0108 e. The first kappa shape index (κ1) is 14.6. The zero-order valence-corrected chi connectivity index (χ0v) is 12.9. The Morgan fingerprint density at radius 3 is 2.05 bits per heavy atom. The summed E-state index contributed by atoms with van der Waals surface area (Å²) in [6.45, 7) is 9.11. The van der Waals surface area contributed by atoms with Gasteiger partial charge in [-0.2, -0.15) is 0 Å². The molecule has 2 rings (SSSR count). The third kappa shape index (κ3) is 4.07. The average molecular weight is 259 g/mol. The second kappa shape index (κ2) is 6.09. The molecule has 1 heteroatoms. The molecule has 1 aliphatic carbocycles. The Labute approximate surface area is 118 Å². The fourth-order valence-electron chi connectivity index (χ4n) is 3.98. The third-order valence-corrected chi connectivity index (χ3v) is 4.57. The molecule has 0 bridgehead atoms. The normalized spacial score (nSPS) is 29.2. The third-order valence-electron chi connectivity index (χ3n) is 4.57. The molecule has 2 N–H and O–H groups in total. The summed E-state index contributed by atoms with van der Waals surface area (Å²) in [7, 11) is 0. The summed E-state index contributed by atoms with van der Waals surface area (Å²) >= 11 is 0. The smallest absolute Gasteiger partial charge is 0.0108 e. The molecule has 0 aromatic heterocycles. The molecule has 3 atom stereocenters. The van der Waals surface area contributed by atoms with Crippen molar-refractivity contribution >= 4 is 0 Å². The maximum atomic E-state index is 6.51. The van der Waals surface area contributed by atoms with Gasteiger partial charge in [-0.1, -0.05) is 43.2 Å². The van der Waals surface area contributed by atoms with Crippen LogP contribution in [0, 0.1) is 31.6 Å². The van der Waals surface area contributed by atoms with E-state index >= 15 is 0 Å². The van der Waals surface area contributed by atoms with Gasteiger partial charge in [0, 0.05) is 6.04 Å². The Morgan fingerprint density at radius 1 is 1.00 bits per heavy atom. The minimum Gasteiger partial charge on any atom is -0.327 e. The van der Waals surface area contributed by atoms with Crippen LogP contribution >= 0.6 is 0 Å². The molecule has 1 aliphatic rings. The first-order chi connectivity index (χ1) is 8.94. The van der Waals surface area contributed by atoms with Crippen LogP contribution in [0.5, 0.6) is 0 Å². The number of benzene rings is 1. The SMILES string of the molecule is Cc1cc(C)cc(CC(N)C2CC(C)CC(C)C2)c1. The van der Waals surface area contributed by atoms with E-state index in [1.165, 1.54) is 36.0 Å². The van der Waals surface area contributed by atoms with Crippen molar-refractivity contribution in [3.05, 3.63) is 34.9 Å². The fraction of sp³-hybridized carbons (Fsp3) is 0.667. The Balaban J connectivity index is 2.01. The lowest BCUT2D eigenvalue weighted by atomic mass is 9.73. The molecule has 3 unspecified atom stereocenters. The monoisotopic (exact) mass is 259 g/mol. The number of hydrogen-bond donors (Lipinski definition) is 1. The molecule has 0 radical (unpaired) electrons. The van der Waals surface area contributed by atoms with Crippen LogP contribution in [0.25, 0.3) is 0 Å². The molecule has 0 spiro atoms. The number of nitrogens with two attached hydrogens (primary N) is 1. The van der Waals surface area contributed by atoms with Crippen molar-refractivity contribution in [2.45, 2.75) is 59.4 Å². The molecule has 19 heavy (non-hydrogen) atoms. The highest BCUT2D eigenvalue weighted by Crippen LogP contribution is 2.34. The van der Waals surface area contributed by atoms with Gasteiger partial charge in [-0.05, 0) is 62.8 Å². The first-order valence-corrected chi connectivity index (χ1v) is 7.76. The van der Waals surface area contributed by atoms with Gasteiger partial charge in [-0.3, -0.25) is 0 Å². The summed E-state index contributed by atoms with van der Waals surface area (Å²) in [5.41, 5.74) is 10.6. The van der Waals surface area contributed by atoms with Gasteiger partial charge in [0.05, 0.1) is 0 Å². The predicted molar refractivity (Wildman–Crippen MR) is 83.3 cm³/mol.